The summed E-state index contributed by atoms with van der Waals surface area (Å²) >= 11 is 0. The third kappa shape index (κ3) is 7.00. The molecule has 0 radical (unpaired) electrons. The maximum atomic E-state index is 13.5. The quantitative estimate of drug-likeness (QED) is 0.251. The summed E-state index contributed by atoms with van der Waals surface area (Å²) in [5, 5.41) is 26.0. The highest BCUT2D eigenvalue weighted by Gasteiger charge is 2.30. The average Bonchev–Trinajstić information content (AvgIpc) is 3.23. The minimum absolute atomic E-state index is 0.000181. The lowest BCUT2D eigenvalue weighted by molar-refractivity contribution is -0.140. The SMILES string of the molecule is CS(=O)(=O)c1ccc(NCC#Cc2cc3c(NC4CCN(C(=O)CO)CC4)cccc3n2CC(F)(F)F)c(O)c1. The molecular weight excluding hydrogens is 549 g/mol. The number of fused-ring (bicyclic) bond motifs is 1. The highest BCUT2D eigenvalue weighted by molar-refractivity contribution is 7.90. The molecule has 1 aliphatic heterocycles. The molecule has 214 valence electrons. The van der Waals surface area contributed by atoms with Crippen molar-refractivity contribution < 1.29 is 36.6 Å². The van der Waals surface area contributed by atoms with E-state index in [1.54, 1.807) is 29.2 Å². The van der Waals surface area contributed by atoms with Crippen LogP contribution in [0.4, 0.5) is 24.5 Å². The number of rotatable bonds is 7. The van der Waals surface area contributed by atoms with E-state index in [1.807, 2.05) is 0 Å². The number of phenolic OH excluding ortho intramolecular Hbond substituents is 1. The van der Waals surface area contributed by atoms with Gasteiger partial charge in [0.15, 0.2) is 9.84 Å². The highest BCUT2D eigenvalue weighted by Crippen LogP contribution is 2.31. The lowest BCUT2D eigenvalue weighted by Crippen LogP contribution is -2.43. The van der Waals surface area contributed by atoms with E-state index in [4.69, 9.17) is 5.11 Å². The largest absolute Gasteiger partial charge is 0.506 e. The molecule has 0 saturated carbocycles. The van der Waals surface area contributed by atoms with Gasteiger partial charge in [-0.2, -0.15) is 13.2 Å². The van der Waals surface area contributed by atoms with Crippen molar-refractivity contribution in [3.8, 4) is 17.6 Å². The van der Waals surface area contributed by atoms with Crippen LogP contribution >= 0.6 is 0 Å². The van der Waals surface area contributed by atoms with Crippen molar-refractivity contribution in [3.05, 3.63) is 48.2 Å². The molecule has 9 nitrogen and oxygen atoms in total. The molecule has 0 aliphatic carbocycles. The van der Waals surface area contributed by atoms with Gasteiger partial charge in [-0.15, -0.1) is 0 Å². The number of carbonyl (C=O) groups excluding carboxylic acids is 1. The van der Waals surface area contributed by atoms with E-state index in [0.717, 1.165) is 16.9 Å². The molecule has 1 aromatic heterocycles. The number of aliphatic hydroxyl groups is 1. The van der Waals surface area contributed by atoms with Gasteiger partial charge in [0, 0.05) is 42.5 Å². The summed E-state index contributed by atoms with van der Waals surface area (Å²) in [7, 11) is -3.50. The number of aromatic hydroxyl groups is 1. The zero-order valence-electron chi connectivity index (χ0n) is 21.6. The zero-order chi connectivity index (χ0) is 29.1. The number of sulfone groups is 1. The zero-order valence-corrected chi connectivity index (χ0v) is 22.4. The molecule has 0 spiro atoms. The summed E-state index contributed by atoms with van der Waals surface area (Å²) in [5.41, 5.74) is 1.41. The van der Waals surface area contributed by atoms with Crippen LogP contribution in [0.25, 0.3) is 10.9 Å². The Labute approximate surface area is 229 Å². The Hall–Kier alpha value is -3.89. The van der Waals surface area contributed by atoms with Crippen LogP contribution in [0.5, 0.6) is 5.75 Å². The summed E-state index contributed by atoms with van der Waals surface area (Å²) in [6.07, 6.45) is -2.21. The van der Waals surface area contributed by atoms with Gasteiger partial charge in [-0.05, 0) is 49.1 Å². The van der Waals surface area contributed by atoms with Crippen LogP contribution in [-0.4, -0.2) is 78.7 Å². The smallest absolute Gasteiger partial charge is 0.406 e. The number of carbonyl (C=O) groups is 1. The minimum atomic E-state index is -4.48. The number of benzene rings is 2. The Kier molecular flexibility index (Phi) is 8.51. The number of phenols is 1. The lowest BCUT2D eigenvalue weighted by Gasteiger charge is -2.32. The maximum absolute atomic E-state index is 13.5. The minimum Gasteiger partial charge on any atom is -0.506 e. The fourth-order valence-electron chi connectivity index (χ4n) is 4.62. The molecule has 1 saturated heterocycles. The number of nitrogens with zero attached hydrogens (tertiary/aromatic N) is 2. The summed E-state index contributed by atoms with van der Waals surface area (Å²) in [6, 6.07) is 10.5. The van der Waals surface area contributed by atoms with Crippen LogP contribution in [-0.2, 0) is 21.2 Å². The first-order chi connectivity index (χ1) is 18.9. The Morgan fingerprint density at radius 2 is 1.85 bits per heavy atom. The van der Waals surface area contributed by atoms with Crippen molar-refractivity contribution in [3.63, 3.8) is 0 Å². The molecule has 2 heterocycles. The second-order valence-electron chi connectivity index (χ2n) is 9.53. The molecule has 4 N–H and O–H groups in total. The second kappa shape index (κ2) is 11.7. The van der Waals surface area contributed by atoms with Crippen LogP contribution in [0.3, 0.4) is 0 Å². The van der Waals surface area contributed by atoms with Gasteiger partial charge in [-0.25, -0.2) is 8.42 Å². The molecule has 13 heteroatoms. The van der Waals surface area contributed by atoms with Gasteiger partial charge in [-0.3, -0.25) is 4.79 Å². The summed E-state index contributed by atoms with van der Waals surface area (Å²) in [5.74, 6) is 4.93. The molecular formula is C27H29F3N4O5S. The molecule has 1 amide bonds. The third-order valence-corrected chi connectivity index (χ3v) is 7.72. The number of halogens is 3. The fourth-order valence-corrected chi connectivity index (χ4v) is 5.26. The van der Waals surface area contributed by atoms with Crippen LogP contribution < -0.4 is 10.6 Å². The van der Waals surface area contributed by atoms with Crippen molar-refractivity contribution in [1.82, 2.24) is 9.47 Å². The molecule has 3 aromatic rings. The van der Waals surface area contributed by atoms with Gasteiger partial charge in [0.05, 0.1) is 28.3 Å². The van der Waals surface area contributed by atoms with E-state index >= 15 is 0 Å². The number of piperidine rings is 1. The van der Waals surface area contributed by atoms with Crippen molar-refractivity contribution in [2.45, 2.75) is 36.5 Å². The van der Waals surface area contributed by atoms with Crippen molar-refractivity contribution >= 4 is 38.0 Å². The van der Waals surface area contributed by atoms with Gasteiger partial charge in [0.2, 0.25) is 5.91 Å². The standard InChI is InChI=1S/C27H29F3N4O5S/c1-40(38,39)20-7-8-23(25(36)15-20)31-11-3-4-19-14-21-22(5-2-6-24(21)34(19)17-27(28,29)30)32-18-9-12-33(13-10-18)26(37)16-35/h2,5-8,14-15,18,31-32,35-36H,9-13,16-17H2,1H3. The van der Waals surface area contributed by atoms with E-state index in [9.17, 15) is 31.5 Å². The number of aromatic nitrogens is 1. The molecule has 1 aliphatic rings. The number of nitrogens with one attached hydrogen (secondary N) is 2. The maximum Gasteiger partial charge on any atom is 0.406 e. The van der Waals surface area contributed by atoms with Gasteiger partial charge in [0.1, 0.15) is 18.9 Å². The summed E-state index contributed by atoms with van der Waals surface area (Å²) in [6.45, 7) is -0.848. The normalized spacial score (nSPS) is 14.6. The van der Waals surface area contributed by atoms with E-state index in [2.05, 4.69) is 22.5 Å². The number of hydrogen-bond acceptors (Lipinski definition) is 7. The Balaban J connectivity index is 1.55. The molecule has 0 unspecified atom stereocenters. The number of amides is 1. The Morgan fingerprint density at radius 3 is 2.48 bits per heavy atom. The number of hydrogen-bond donors (Lipinski definition) is 4. The number of likely N-dealkylation sites (tertiary alicyclic amines) is 1. The Bertz CT molecular complexity index is 1570. The van der Waals surface area contributed by atoms with Crippen molar-refractivity contribution in [1.29, 1.82) is 0 Å². The molecule has 4 rings (SSSR count). The number of anilines is 2. The molecule has 40 heavy (non-hydrogen) atoms. The van der Waals surface area contributed by atoms with Crippen LogP contribution in [0.2, 0.25) is 0 Å². The predicted octanol–water partition coefficient (Wildman–Crippen LogP) is 3.17. The number of alkyl halides is 3. The van der Waals surface area contributed by atoms with Gasteiger partial charge in [0.25, 0.3) is 0 Å². The monoisotopic (exact) mass is 578 g/mol. The molecule has 0 atom stereocenters. The second-order valence-corrected chi connectivity index (χ2v) is 11.5. The molecule has 0 bridgehead atoms. The summed E-state index contributed by atoms with van der Waals surface area (Å²) in [4.78, 5) is 13.3. The lowest BCUT2D eigenvalue weighted by atomic mass is 10.0. The van der Waals surface area contributed by atoms with E-state index in [-0.39, 0.29) is 40.5 Å². The van der Waals surface area contributed by atoms with E-state index in [0.29, 0.717) is 42.5 Å². The first kappa shape index (κ1) is 29.1. The summed E-state index contributed by atoms with van der Waals surface area (Å²) < 4.78 is 64.8. The van der Waals surface area contributed by atoms with E-state index in [1.165, 1.54) is 12.1 Å². The number of aliphatic hydroxyl groups excluding tert-OH is 1. The average molecular weight is 579 g/mol. The van der Waals surface area contributed by atoms with Gasteiger partial charge < -0.3 is 30.3 Å². The van der Waals surface area contributed by atoms with Crippen molar-refractivity contribution in [2.75, 3.05) is 43.1 Å². The topological polar surface area (TPSA) is 124 Å². The molecule has 1 fully saturated rings. The first-order valence-electron chi connectivity index (χ1n) is 12.5. The van der Waals surface area contributed by atoms with Crippen LogP contribution in [0.1, 0.15) is 18.5 Å². The third-order valence-electron chi connectivity index (χ3n) is 6.61. The van der Waals surface area contributed by atoms with Gasteiger partial charge >= 0.3 is 6.18 Å². The Morgan fingerprint density at radius 1 is 1.12 bits per heavy atom. The first-order valence-corrected chi connectivity index (χ1v) is 14.3. The molecule has 2 aromatic carbocycles. The van der Waals surface area contributed by atoms with Crippen LogP contribution in [0.15, 0.2) is 47.4 Å². The van der Waals surface area contributed by atoms with Gasteiger partial charge in [-0.1, -0.05) is 12.0 Å². The highest BCUT2D eigenvalue weighted by atomic mass is 32.2. The fraction of sp³-hybridized carbons (Fsp3) is 0.370. The predicted molar refractivity (Wildman–Crippen MR) is 145 cm³/mol. The van der Waals surface area contributed by atoms with Crippen molar-refractivity contribution in [2.24, 2.45) is 0 Å². The van der Waals surface area contributed by atoms with Crippen LogP contribution in [0, 0.1) is 11.8 Å². The van der Waals surface area contributed by atoms with E-state index < -0.39 is 29.2 Å².